The zero-order valence-corrected chi connectivity index (χ0v) is 17.8. The SMILES string of the molecule is Cc1cc(C)c(C2=C(O)CC(C(C)CSc3ccc(C)nn3)OC2=O)c(C)c1. The Balaban J connectivity index is 1.75. The fourth-order valence-corrected chi connectivity index (χ4v) is 4.49. The number of carbonyl (C=O) groups is 1. The normalized spacial score (nSPS) is 18.2. The molecule has 0 radical (unpaired) electrons. The minimum absolute atomic E-state index is 0.0703. The van der Waals surface area contributed by atoms with Gasteiger partial charge in [0.25, 0.3) is 0 Å². The minimum atomic E-state index is -0.448. The lowest BCUT2D eigenvalue weighted by atomic mass is 9.89. The molecule has 1 N–H and O–H groups in total. The number of thioether (sulfide) groups is 1. The summed E-state index contributed by atoms with van der Waals surface area (Å²) >= 11 is 1.57. The molecular weight excluding hydrogens is 372 g/mol. The average Bonchev–Trinajstić information content (AvgIpc) is 2.62. The van der Waals surface area contributed by atoms with Crippen LogP contribution < -0.4 is 0 Å². The standard InChI is InChI=1S/C22H26N2O3S/c1-12-8-13(2)20(14(3)9-12)21-17(25)10-18(27-22(21)26)15(4)11-28-19-7-6-16(5)23-24-19/h6-9,15,18,25H,10-11H2,1-5H3. The van der Waals surface area contributed by atoms with Crippen molar-refractivity contribution in [3.63, 3.8) is 0 Å². The average molecular weight is 399 g/mol. The van der Waals surface area contributed by atoms with Gasteiger partial charge in [-0.05, 0) is 56.5 Å². The van der Waals surface area contributed by atoms with Crippen LogP contribution in [0.3, 0.4) is 0 Å². The summed E-state index contributed by atoms with van der Waals surface area (Å²) < 4.78 is 5.73. The molecule has 2 unspecified atom stereocenters. The Bertz CT molecular complexity index is 899. The van der Waals surface area contributed by atoms with Gasteiger partial charge in [0.15, 0.2) is 0 Å². The van der Waals surface area contributed by atoms with Gasteiger partial charge in [-0.3, -0.25) is 0 Å². The molecule has 2 aromatic rings. The van der Waals surface area contributed by atoms with Gasteiger partial charge in [0.05, 0.1) is 5.69 Å². The van der Waals surface area contributed by atoms with E-state index >= 15 is 0 Å². The first-order valence-corrected chi connectivity index (χ1v) is 10.4. The molecule has 6 heteroatoms. The zero-order valence-electron chi connectivity index (χ0n) is 16.9. The van der Waals surface area contributed by atoms with Gasteiger partial charge in [-0.1, -0.05) is 24.6 Å². The van der Waals surface area contributed by atoms with Gasteiger partial charge in [-0.2, -0.15) is 5.10 Å². The Morgan fingerprint density at radius 3 is 2.43 bits per heavy atom. The van der Waals surface area contributed by atoms with E-state index in [0.29, 0.717) is 12.0 Å². The molecule has 148 valence electrons. The number of benzene rings is 1. The van der Waals surface area contributed by atoms with Gasteiger partial charge < -0.3 is 9.84 Å². The second kappa shape index (κ2) is 8.35. The summed E-state index contributed by atoms with van der Waals surface area (Å²) in [5.74, 6) is 0.459. The highest BCUT2D eigenvalue weighted by molar-refractivity contribution is 7.99. The smallest absolute Gasteiger partial charge is 0.342 e. The molecule has 28 heavy (non-hydrogen) atoms. The van der Waals surface area contributed by atoms with Crippen molar-refractivity contribution in [2.75, 3.05) is 5.75 Å². The number of aromatic nitrogens is 2. The highest BCUT2D eigenvalue weighted by atomic mass is 32.2. The van der Waals surface area contributed by atoms with Crippen LogP contribution in [0, 0.1) is 33.6 Å². The number of rotatable bonds is 5. The summed E-state index contributed by atoms with van der Waals surface area (Å²) in [6.45, 7) is 9.85. The van der Waals surface area contributed by atoms with Crippen LogP contribution in [0.4, 0.5) is 0 Å². The molecule has 1 aromatic heterocycles. The summed E-state index contributed by atoms with van der Waals surface area (Å²) in [7, 11) is 0. The van der Waals surface area contributed by atoms with Gasteiger partial charge in [-0.25, -0.2) is 4.79 Å². The first kappa shape index (κ1) is 20.4. The lowest BCUT2D eigenvalue weighted by Gasteiger charge is -2.29. The molecule has 0 amide bonds. The molecule has 2 atom stereocenters. The predicted octanol–water partition coefficient (Wildman–Crippen LogP) is 4.72. The number of ether oxygens (including phenoxy) is 1. The second-order valence-corrected chi connectivity index (χ2v) is 8.58. The summed E-state index contributed by atoms with van der Waals surface area (Å²) in [5.41, 5.74) is 5.03. The Hall–Kier alpha value is -2.34. The van der Waals surface area contributed by atoms with Gasteiger partial charge in [0, 0.05) is 18.1 Å². The lowest BCUT2D eigenvalue weighted by Crippen LogP contribution is -2.32. The van der Waals surface area contributed by atoms with Gasteiger partial charge in [0.1, 0.15) is 22.5 Å². The first-order valence-electron chi connectivity index (χ1n) is 9.40. The lowest BCUT2D eigenvalue weighted by molar-refractivity contribution is -0.145. The van der Waals surface area contributed by atoms with Crippen molar-refractivity contribution in [3.05, 3.63) is 58.0 Å². The molecule has 3 rings (SSSR count). The van der Waals surface area contributed by atoms with Crippen molar-refractivity contribution in [2.45, 2.75) is 52.2 Å². The Morgan fingerprint density at radius 2 is 1.86 bits per heavy atom. The van der Waals surface area contributed by atoms with Crippen molar-refractivity contribution in [2.24, 2.45) is 5.92 Å². The van der Waals surface area contributed by atoms with Crippen LogP contribution in [0.25, 0.3) is 5.57 Å². The number of aryl methyl sites for hydroxylation is 4. The summed E-state index contributed by atoms with van der Waals surface area (Å²) in [6.07, 6.45) is -0.0250. The Morgan fingerprint density at radius 1 is 1.18 bits per heavy atom. The number of nitrogens with zero attached hydrogens (tertiary/aromatic N) is 2. The third-order valence-electron chi connectivity index (χ3n) is 4.97. The fraction of sp³-hybridized carbons (Fsp3) is 0.409. The van der Waals surface area contributed by atoms with Crippen LogP contribution in [0.5, 0.6) is 0 Å². The van der Waals surface area contributed by atoms with E-state index in [1.165, 1.54) is 0 Å². The molecule has 0 bridgehead atoms. The number of cyclic esters (lactones) is 1. The van der Waals surface area contributed by atoms with Crippen LogP contribution in [0.1, 0.15) is 41.3 Å². The molecule has 1 aliphatic heterocycles. The van der Waals surface area contributed by atoms with Gasteiger partial charge in [-0.15, -0.1) is 16.9 Å². The van der Waals surface area contributed by atoms with Crippen molar-refractivity contribution in [3.8, 4) is 0 Å². The summed E-state index contributed by atoms with van der Waals surface area (Å²) in [4.78, 5) is 12.8. The molecule has 0 saturated carbocycles. The van der Waals surface area contributed by atoms with Crippen LogP contribution in [-0.2, 0) is 9.53 Å². The number of hydrogen-bond donors (Lipinski definition) is 1. The van der Waals surface area contributed by atoms with E-state index in [0.717, 1.165) is 38.7 Å². The van der Waals surface area contributed by atoms with Crippen LogP contribution >= 0.6 is 11.8 Å². The molecule has 1 aliphatic rings. The highest BCUT2D eigenvalue weighted by Crippen LogP contribution is 2.35. The quantitative estimate of drug-likeness (QED) is 0.580. The first-order chi connectivity index (χ1) is 13.3. The van der Waals surface area contributed by atoms with Gasteiger partial charge >= 0.3 is 5.97 Å². The molecule has 0 fully saturated rings. The van der Waals surface area contributed by atoms with Gasteiger partial charge in [0.2, 0.25) is 0 Å². The maximum Gasteiger partial charge on any atom is 0.342 e. The third-order valence-corrected chi connectivity index (χ3v) is 6.18. The number of carbonyl (C=O) groups excluding carboxylic acids is 1. The van der Waals surface area contributed by atoms with E-state index in [9.17, 15) is 9.90 Å². The number of esters is 1. The maximum absolute atomic E-state index is 12.8. The zero-order chi connectivity index (χ0) is 20.4. The van der Waals surface area contributed by atoms with Crippen LogP contribution in [0.2, 0.25) is 0 Å². The molecular formula is C22H26N2O3S. The molecule has 0 aliphatic carbocycles. The maximum atomic E-state index is 12.8. The van der Waals surface area contributed by atoms with E-state index in [-0.39, 0.29) is 17.8 Å². The molecule has 5 nitrogen and oxygen atoms in total. The third kappa shape index (κ3) is 4.38. The highest BCUT2D eigenvalue weighted by Gasteiger charge is 2.34. The molecule has 0 spiro atoms. The summed E-state index contributed by atoms with van der Waals surface area (Å²) in [6, 6.07) is 7.90. The second-order valence-electron chi connectivity index (χ2n) is 7.54. The number of aliphatic hydroxyl groups is 1. The predicted molar refractivity (Wildman–Crippen MR) is 111 cm³/mol. The van der Waals surface area contributed by atoms with E-state index in [2.05, 4.69) is 10.2 Å². The molecule has 0 saturated heterocycles. The van der Waals surface area contributed by atoms with Crippen LogP contribution in [-0.4, -0.2) is 33.1 Å². The van der Waals surface area contributed by atoms with E-state index in [4.69, 9.17) is 4.74 Å². The van der Waals surface area contributed by atoms with Crippen molar-refractivity contribution in [1.82, 2.24) is 10.2 Å². The number of hydrogen-bond acceptors (Lipinski definition) is 6. The van der Waals surface area contributed by atoms with Crippen molar-refractivity contribution < 1.29 is 14.6 Å². The molecule has 2 heterocycles. The Kier molecular flexibility index (Phi) is 6.08. The monoisotopic (exact) mass is 398 g/mol. The van der Waals surface area contributed by atoms with Crippen molar-refractivity contribution in [1.29, 1.82) is 0 Å². The van der Waals surface area contributed by atoms with E-state index in [1.54, 1.807) is 11.8 Å². The van der Waals surface area contributed by atoms with Crippen LogP contribution in [0.15, 0.2) is 35.1 Å². The summed E-state index contributed by atoms with van der Waals surface area (Å²) in [5, 5.41) is 19.7. The fourth-order valence-electron chi connectivity index (χ4n) is 3.57. The van der Waals surface area contributed by atoms with E-state index in [1.807, 2.05) is 58.9 Å². The van der Waals surface area contributed by atoms with E-state index < -0.39 is 5.97 Å². The Labute approximate surface area is 170 Å². The topological polar surface area (TPSA) is 72.3 Å². The minimum Gasteiger partial charge on any atom is -0.511 e. The largest absolute Gasteiger partial charge is 0.511 e. The van der Waals surface area contributed by atoms with Crippen molar-refractivity contribution >= 4 is 23.3 Å². The molecule has 1 aromatic carbocycles. The number of aliphatic hydroxyl groups excluding tert-OH is 1.